The van der Waals surface area contributed by atoms with Crippen molar-refractivity contribution < 1.29 is 0 Å². The number of hydrogen-bond acceptors (Lipinski definition) is 2. The van der Waals surface area contributed by atoms with Gasteiger partial charge in [-0.1, -0.05) is 20.4 Å². The lowest BCUT2D eigenvalue weighted by molar-refractivity contribution is 0.864. The molecular formula is C7H13N3. The van der Waals surface area contributed by atoms with Crippen molar-refractivity contribution in [2.45, 2.75) is 13.8 Å². The van der Waals surface area contributed by atoms with E-state index in [1.807, 2.05) is 13.8 Å². The van der Waals surface area contributed by atoms with Crippen molar-refractivity contribution in [1.29, 1.82) is 0 Å². The third-order valence-corrected chi connectivity index (χ3v) is 0.937. The summed E-state index contributed by atoms with van der Waals surface area (Å²) in [5, 5.41) is 7.34. The summed E-state index contributed by atoms with van der Waals surface area (Å²) in [4.78, 5) is 0. The van der Waals surface area contributed by atoms with Crippen LogP contribution in [0.15, 0.2) is 22.9 Å². The van der Waals surface area contributed by atoms with E-state index in [1.165, 1.54) is 6.21 Å². The molecule has 0 aromatic rings. The zero-order valence-electron chi connectivity index (χ0n) is 6.41. The molecule has 0 aromatic heterocycles. The number of nitrogens with zero attached hydrogens (tertiary/aromatic N) is 2. The fraction of sp³-hybridized carbons (Fsp3) is 0.429. The van der Waals surface area contributed by atoms with Gasteiger partial charge >= 0.3 is 0 Å². The number of amidine groups is 1. The van der Waals surface area contributed by atoms with E-state index in [2.05, 4.69) is 16.8 Å². The Morgan fingerprint density at radius 2 is 2.20 bits per heavy atom. The third-order valence-electron chi connectivity index (χ3n) is 0.937. The maximum absolute atomic E-state index is 5.46. The van der Waals surface area contributed by atoms with Crippen molar-refractivity contribution in [3.8, 4) is 0 Å². The van der Waals surface area contributed by atoms with Gasteiger partial charge in [-0.05, 0) is 6.08 Å². The molecule has 0 atom stereocenters. The van der Waals surface area contributed by atoms with Crippen LogP contribution < -0.4 is 5.73 Å². The maximum Gasteiger partial charge on any atom is 0.124 e. The van der Waals surface area contributed by atoms with E-state index in [4.69, 9.17) is 5.73 Å². The van der Waals surface area contributed by atoms with Gasteiger partial charge in [0.05, 0.1) is 0 Å². The smallest absolute Gasteiger partial charge is 0.124 e. The molecular weight excluding hydrogens is 126 g/mol. The second-order valence-corrected chi connectivity index (χ2v) is 2.18. The highest BCUT2D eigenvalue weighted by molar-refractivity contribution is 5.82. The standard InChI is InChI=1S/C7H13N3/c1-4-5-9-10-7(8)6(2)3/h4-6H,1H2,2-3H3,(H2,8,10)/b9-5-. The van der Waals surface area contributed by atoms with Gasteiger partial charge in [0.25, 0.3) is 0 Å². The molecule has 0 radical (unpaired) electrons. The first kappa shape index (κ1) is 8.88. The minimum atomic E-state index is 0.252. The first-order valence-electron chi connectivity index (χ1n) is 3.16. The number of hydrogen-bond donors (Lipinski definition) is 1. The highest BCUT2D eigenvalue weighted by atomic mass is 15.2. The van der Waals surface area contributed by atoms with Crippen LogP contribution in [0.1, 0.15) is 13.8 Å². The lowest BCUT2D eigenvalue weighted by atomic mass is 10.2. The molecule has 0 aromatic carbocycles. The van der Waals surface area contributed by atoms with Crippen LogP contribution in [0, 0.1) is 5.92 Å². The zero-order valence-corrected chi connectivity index (χ0v) is 6.41. The summed E-state index contributed by atoms with van der Waals surface area (Å²) < 4.78 is 0. The molecule has 3 nitrogen and oxygen atoms in total. The first-order valence-corrected chi connectivity index (χ1v) is 3.16. The Hall–Kier alpha value is -1.12. The molecule has 0 aliphatic heterocycles. The number of allylic oxidation sites excluding steroid dienone is 1. The van der Waals surface area contributed by atoms with Gasteiger partial charge in [0, 0.05) is 12.1 Å². The summed E-state index contributed by atoms with van der Waals surface area (Å²) in [5.74, 6) is 0.792. The molecule has 0 bridgehead atoms. The Bertz CT molecular complexity index is 156. The molecule has 0 rings (SSSR count). The Kier molecular flexibility index (Phi) is 4.20. The van der Waals surface area contributed by atoms with Crippen LogP contribution in [-0.2, 0) is 0 Å². The minimum Gasteiger partial charge on any atom is -0.385 e. The molecule has 0 amide bonds. The summed E-state index contributed by atoms with van der Waals surface area (Å²) in [7, 11) is 0. The molecule has 0 unspecified atom stereocenters. The first-order chi connectivity index (χ1) is 4.68. The normalized spacial score (nSPS) is 12.9. The van der Waals surface area contributed by atoms with Crippen molar-refractivity contribution in [3.05, 3.63) is 12.7 Å². The quantitative estimate of drug-likeness (QED) is 0.356. The van der Waals surface area contributed by atoms with Crippen molar-refractivity contribution in [1.82, 2.24) is 0 Å². The van der Waals surface area contributed by atoms with Gasteiger partial charge in [0.15, 0.2) is 0 Å². The molecule has 0 saturated heterocycles. The van der Waals surface area contributed by atoms with Crippen LogP contribution in [0.25, 0.3) is 0 Å². The van der Waals surface area contributed by atoms with Crippen LogP contribution in [-0.4, -0.2) is 12.1 Å². The Morgan fingerprint density at radius 1 is 1.60 bits per heavy atom. The van der Waals surface area contributed by atoms with E-state index < -0.39 is 0 Å². The lowest BCUT2D eigenvalue weighted by Gasteiger charge is -1.98. The molecule has 2 N–H and O–H groups in total. The molecule has 0 heterocycles. The van der Waals surface area contributed by atoms with Crippen LogP contribution >= 0.6 is 0 Å². The lowest BCUT2D eigenvalue weighted by Crippen LogP contribution is -2.17. The van der Waals surface area contributed by atoms with Crippen LogP contribution in [0.4, 0.5) is 0 Å². The molecule has 0 aliphatic rings. The van der Waals surface area contributed by atoms with Crippen molar-refractivity contribution in [2.24, 2.45) is 21.9 Å². The van der Waals surface area contributed by atoms with Crippen LogP contribution in [0.2, 0.25) is 0 Å². The average Bonchev–Trinajstić information content (AvgIpc) is 1.88. The highest BCUT2D eigenvalue weighted by Gasteiger charge is 1.95. The summed E-state index contributed by atoms with van der Waals surface area (Å²) in [6, 6.07) is 0. The molecule has 3 heteroatoms. The van der Waals surface area contributed by atoms with Gasteiger partial charge in [-0.25, -0.2) is 0 Å². The predicted molar refractivity (Wildman–Crippen MR) is 45.1 cm³/mol. The predicted octanol–water partition coefficient (Wildman–Crippen LogP) is 1.17. The van der Waals surface area contributed by atoms with E-state index in [9.17, 15) is 0 Å². The molecule has 10 heavy (non-hydrogen) atoms. The van der Waals surface area contributed by atoms with E-state index in [1.54, 1.807) is 6.08 Å². The van der Waals surface area contributed by atoms with E-state index in [0.717, 1.165) is 0 Å². The molecule has 0 aliphatic carbocycles. The number of rotatable bonds is 3. The fourth-order valence-electron chi connectivity index (χ4n) is 0.263. The second kappa shape index (κ2) is 4.73. The molecule has 0 saturated carbocycles. The Morgan fingerprint density at radius 3 is 2.60 bits per heavy atom. The number of nitrogens with two attached hydrogens (primary N) is 1. The largest absolute Gasteiger partial charge is 0.385 e. The summed E-state index contributed by atoms with van der Waals surface area (Å²) in [6.45, 7) is 7.36. The van der Waals surface area contributed by atoms with E-state index in [0.29, 0.717) is 5.84 Å². The van der Waals surface area contributed by atoms with Gasteiger partial charge in [0.2, 0.25) is 0 Å². The summed E-state index contributed by atoms with van der Waals surface area (Å²) in [6.07, 6.45) is 3.05. The monoisotopic (exact) mass is 139 g/mol. The van der Waals surface area contributed by atoms with Crippen molar-refractivity contribution >= 4 is 12.1 Å². The van der Waals surface area contributed by atoms with Gasteiger partial charge in [0.1, 0.15) is 5.84 Å². The average molecular weight is 139 g/mol. The van der Waals surface area contributed by atoms with E-state index >= 15 is 0 Å². The SMILES string of the molecule is C=C/C=N\N=C(N)C(C)C. The second-order valence-electron chi connectivity index (χ2n) is 2.18. The highest BCUT2D eigenvalue weighted by Crippen LogP contribution is 1.90. The van der Waals surface area contributed by atoms with E-state index in [-0.39, 0.29) is 5.92 Å². The van der Waals surface area contributed by atoms with Crippen molar-refractivity contribution in [3.63, 3.8) is 0 Å². The van der Waals surface area contributed by atoms with Gasteiger partial charge in [-0.2, -0.15) is 5.10 Å². The van der Waals surface area contributed by atoms with Crippen LogP contribution in [0.3, 0.4) is 0 Å². The fourth-order valence-corrected chi connectivity index (χ4v) is 0.263. The van der Waals surface area contributed by atoms with Gasteiger partial charge < -0.3 is 5.73 Å². The summed E-state index contributed by atoms with van der Waals surface area (Å²) >= 11 is 0. The Labute approximate surface area is 61.3 Å². The topological polar surface area (TPSA) is 50.7 Å². The van der Waals surface area contributed by atoms with Crippen LogP contribution in [0.5, 0.6) is 0 Å². The molecule has 56 valence electrons. The zero-order chi connectivity index (χ0) is 7.98. The Balaban J connectivity index is 3.91. The third kappa shape index (κ3) is 3.83. The van der Waals surface area contributed by atoms with Crippen molar-refractivity contribution in [2.75, 3.05) is 0 Å². The maximum atomic E-state index is 5.46. The molecule has 0 spiro atoms. The minimum absolute atomic E-state index is 0.252. The molecule has 0 fully saturated rings. The summed E-state index contributed by atoms with van der Waals surface area (Å²) in [5.41, 5.74) is 5.46. The van der Waals surface area contributed by atoms with Gasteiger partial charge in [-0.3, -0.25) is 0 Å². The van der Waals surface area contributed by atoms with Gasteiger partial charge in [-0.15, -0.1) is 5.10 Å².